The SMILES string of the molecule is C[C@]12CC(=O)C3=C4CCC5(C[C@]46CCC36[C@@H]1CCC21OCCO1)OCCO5. The average Bonchev–Trinajstić information content (AvgIpc) is 3.36. The molecular weight excluding hydrogens is 344 g/mol. The minimum Gasteiger partial charge on any atom is -0.347 e. The second kappa shape index (κ2) is 4.53. The minimum absolute atomic E-state index is 0.0357. The van der Waals surface area contributed by atoms with E-state index >= 15 is 0 Å². The van der Waals surface area contributed by atoms with E-state index in [0.29, 0.717) is 44.5 Å². The van der Waals surface area contributed by atoms with E-state index in [9.17, 15) is 4.79 Å². The van der Waals surface area contributed by atoms with Crippen molar-refractivity contribution in [2.45, 2.75) is 69.9 Å². The predicted molar refractivity (Wildman–Crippen MR) is 94.7 cm³/mol. The van der Waals surface area contributed by atoms with Crippen LogP contribution in [0.5, 0.6) is 0 Å². The van der Waals surface area contributed by atoms with E-state index in [1.807, 2.05) is 0 Å². The van der Waals surface area contributed by atoms with Crippen molar-refractivity contribution >= 4 is 5.78 Å². The molecule has 0 amide bonds. The summed E-state index contributed by atoms with van der Waals surface area (Å²) < 4.78 is 24.7. The Hall–Kier alpha value is -0.750. The third-order valence-corrected chi connectivity index (χ3v) is 9.82. The molecule has 5 aliphatic carbocycles. The van der Waals surface area contributed by atoms with Gasteiger partial charge in [0, 0.05) is 47.5 Å². The number of hydrogen-bond donors (Lipinski definition) is 0. The summed E-state index contributed by atoms with van der Waals surface area (Å²) in [6.45, 7) is 5.02. The van der Waals surface area contributed by atoms with E-state index in [4.69, 9.17) is 18.9 Å². The fraction of sp³-hybridized carbons (Fsp3) is 0.864. The Kier molecular flexibility index (Phi) is 2.70. The Morgan fingerprint density at radius 1 is 0.926 bits per heavy atom. The molecule has 0 N–H and O–H groups in total. The molecule has 4 atom stereocenters. The van der Waals surface area contributed by atoms with Crippen molar-refractivity contribution in [1.29, 1.82) is 0 Å². The second-order valence-electron chi connectivity index (χ2n) is 10.2. The summed E-state index contributed by atoms with van der Waals surface area (Å²) in [6, 6.07) is 0. The number of ether oxygens (including phenoxy) is 4. The van der Waals surface area contributed by atoms with Crippen LogP contribution in [0.2, 0.25) is 0 Å². The van der Waals surface area contributed by atoms with Crippen LogP contribution in [0, 0.1) is 22.2 Å². The molecule has 7 aliphatic rings. The molecule has 5 heteroatoms. The van der Waals surface area contributed by atoms with Crippen molar-refractivity contribution in [3.63, 3.8) is 0 Å². The summed E-state index contributed by atoms with van der Waals surface area (Å²) in [5.41, 5.74) is 2.66. The summed E-state index contributed by atoms with van der Waals surface area (Å²) in [7, 11) is 0. The fourth-order valence-electron chi connectivity index (χ4n) is 8.95. The van der Waals surface area contributed by atoms with Gasteiger partial charge in [-0.2, -0.15) is 0 Å². The molecule has 27 heavy (non-hydrogen) atoms. The highest BCUT2D eigenvalue weighted by Gasteiger charge is 2.83. The number of hydrogen-bond acceptors (Lipinski definition) is 5. The molecule has 4 spiro atoms. The van der Waals surface area contributed by atoms with E-state index in [1.54, 1.807) is 0 Å². The molecule has 0 radical (unpaired) electrons. The van der Waals surface area contributed by atoms with Gasteiger partial charge >= 0.3 is 0 Å². The largest absolute Gasteiger partial charge is 0.347 e. The molecule has 0 aromatic heterocycles. The van der Waals surface area contributed by atoms with Gasteiger partial charge in [-0.1, -0.05) is 12.5 Å². The first-order valence-electron chi connectivity index (χ1n) is 10.8. The van der Waals surface area contributed by atoms with Crippen LogP contribution in [0.4, 0.5) is 0 Å². The minimum atomic E-state index is -0.535. The molecule has 0 bridgehead atoms. The number of allylic oxidation sites excluding steroid dienone is 2. The van der Waals surface area contributed by atoms with Gasteiger partial charge in [-0.15, -0.1) is 0 Å². The molecule has 5 nitrogen and oxygen atoms in total. The zero-order chi connectivity index (χ0) is 18.1. The van der Waals surface area contributed by atoms with Crippen molar-refractivity contribution in [2.75, 3.05) is 26.4 Å². The van der Waals surface area contributed by atoms with Gasteiger partial charge in [0.2, 0.25) is 0 Å². The highest BCUT2D eigenvalue weighted by molar-refractivity contribution is 6.02. The highest BCUT2D eigenvalue weighted by Crippen LogP contribution is 2.86. The van der Waals surface area contributed by atoms with Crippen LogP contribution in [0.3, 0.4) is 0 Å². The first-order valence-corrected chi connectivity index (χ1v) is 10.8. The van der Waals surface area contributed by atoms with Crippen LogP contribution >= 0.6 is 0 Å². The quantitative estimate of drug-likeness (QED) is 0.654. The maximum Gasteiger partial charge on any atom is 0.174 e. The molecule has 4 saturated carbocycles. The van der Waals surface area contributed by atoms with Gasteiger partial charge in [0.05, 0.1) is 26.4 Å². The highest BCUT2D eigenvalue weighted by atomic mass is 16.7. The summed E-state index contributed by atoms with van der Waals surface area (Å²) in [5, 5.41) is 0. The van der Waals surface area contributed by atoms with Gasteiger partial charge in [0.25, 0.3) is 0 Å². The number of ketones is 1. The van der Waals surface area contributed by atoms with Gasteiger partial charge in [-0.25, -0.2) is 0 Å². The number of fused-ring (bicyclic) bond motifs is 2. The Balaban J connectivity index is 1.37. The Morgan fingerprint density at radius 3 is 2.37 bits per heavy atom. The van der Waals surface area contributed by atoms with Crippen molar-refractivity contribution < 1.29 is 23.7 Å². The molecule has 2 heterocycles. The average molecular weight is 372 g/mol. The molecule has 2 saturated heterocycles. The molecule has 146 valence electrons. The Labute approximate surface area is 159 Å². The molecule has 2 aliphatic heterocycles. The predicted octanol–water partition coefficient (Wildman–Crippen LogP) is 3.12. The van der Waals surface area contributed by atoms with Gasteiger partial charge in [-0.05, 0) is 31.6 Å². The Bertz CT molecular complexity index is 789. The van der Waals surface area contributed by atoms with Crippen LogP contribution < -0.4 is 0 Å². The Morgan fingerprint density at radius 2 is 1.67 bits per heavy atom. The normalized spacial score (nSPS) is 50.9. The lowest BCUT2D eigenvalue weighted by Gasteiger charge is -2.77. The third kappa shape index (κ3) is 1.44. The fourth-order valence-corrected chi connectivity index (χ4v) is 8.95. The number of Topliss-reactive ketones (excluding diaryl/α,β-unsaturated/α-hetero) is 1. The topological polar surface area (TPSA) is 54.0 Å². The lowest BCUT2D eigenvalue weighted by atomic mass is 9.26. The molecular formula is C22H28O5. The van der Waals surface area contributed by atoms with Crippen LogP contribution in [-0.4, -0.2) is 43.8 Å². The molecule has 1 unspecified atom stereocenters. The van der Waals surface area contributed by atoms with Crippen LogP contribution in [0.15, 0.2) is 11.1 Å². The molecule has 0 aromatic carbocycles. The van der Waals surface area contributed by atoms with Crippen molar-refractivity contribution in [3.05, 3.63) is 11.1 Å². The standard InChI is InChI=1S/C22H28O5/c1-18-12-15(23)17-14-2-4-20(24-8-9-25-20)13-19(14)6-7-21(17,19)16(18)3-5-22(18)26-10-11-27-22/h16H,2-13H2,1H3/t16-,18+,19-,21?/m1/s1. The summed E-state index contributed by atoms with van der Waals surface area (Å²) >= 11 is 0. The first kappa shape index (κ1) is 16.1. The first-order chi connectivity index (χ1) is 13.0. The van der Waals surface area contributed by atoms with Crippen molar-refractivity contribution in [2.24, 2.45) is 22.2 Å². The van der Waals surface area contributed by atoms with Gasteiger partial charge < -0.3 is 18.9 Å². The zero-order valence-corrected chi connectivity index (χ0v) is 16.1. The summed E-state index contributed by atoms with van der Waals surface area (Å²) in [5.74, 6) is -0.0726. The van der Waals surface area contributed by atoms with E-state index in [1.165, 1.54) is 17.6 Å². The van der Waals surface area contributed by atoms with E-state index in [2.05, 4.69) is 6.92 Å². The number of carbonyl (C=O) groups excluding carboxylic acids is 1. The zero-order valence-electron chi connectivity index (χ0n) is 16.1. The lowest BCUT2D eigenvalue weighted by molar-refractivity contribution is -0.279. The summed E-state index contributed by atoms with van der Waals surface area (Å²) in [4.78, 5) is 13.5. The van der Waals surface area contributed by atoms with E-state index < -0.39 is 11.6 Å². The van der Waals surface area contributed by atoms with Crippen LogP contribution in [-0.2, 0) is 23.7 Å². The third-order valence-electron chi connectivity index (χ3n) is 9.82. The smallest absolute Gasteiger partial charge is 0.174 e. The van der Waals surface area contributed by atoms with Crippen LogP contribution in [0.1, 0.15) is 58.3 Å². The van der Waals surface area contributed by atoms with E-state index in [-0.39, 0.29) is 16.2 Å². The number of rotatable bonds is 0. The maximum absolute atomic E-state index is 13.5. The molecule has 7 rings (SSSR count). The van der Waals surface area contributed by atoms with Gasteiger partial charge in [-0.3, -0.25) is 4.79 Å². The number of carbonyl (C=O) groups is 1. The lowest BCUT2D eigenvalue weighted by Crippen LogP contribution is -2.74. The van der Waals surface area contributed by atoms with Crippen LogP contribution in [0.25, 0.3) is 0 Å². The maximum atomic E-state index is 13.5. The van der Waals surface area contributed by atoms with Crippen molar-refractivity contribution in [3.8, 4) is 0 Å². The van der Waals surface area contributed by atoms with Crippen molar-refractivity contribution in [1.82, 2.24) is 0 Å². The van der Waals surface area contributed by atoms with Gasteiger partial charge in [0.1, 0.15) is 0 Å². The monoisotopic (exact) mass is 372 g/mol. The summed E-state index contributed by atoms with van der Waals surface area (Å²) in [6.07, 6.45) is 7.80. The second-order valence-corrected chi connectivity index (χ2v) is 10.2. The van der Waals surface area contributed by atoms with E-state index in [0.717, 1.165) is 38.5 Å². The van der Waals surface area contributed by atoms with Gasteiger partial charge in [0.15, 0.2) is 17.4 Å². The molecule has 6 fully saturated rings. The molecule has 0 aromatic rings.